The van der Waals surface area contributed by atoms with Gasteiger partial charge in [0.2, 0.25) is 6.10 Å². The highest BCUT2D eigenvalue weighted by atomic mass is 35.5. The smallest absolute Gasteiger partial charge is 0.338 e. The van der Waals surface area contributed by atoms with Crippen molar-refractivity contribution in [3.63, 3.8) is 0 Å². The Bertz CT molecular complexity index is 1400. The molecule has 0 amide bonds. The van der Waals surface area contributed by atoms with Crippen LogP contribution >= 0.6 is 11.6 Å². The van der Waals surface area contributed by atoms with Crippen LogP contribution in [0, 0.1) is 0 Å². The summed E-state index contributed by atoms with van der Waals surface area (Å²) in [5.41, 5.74) is 0.512. The van der Waals surface area contributed by atoms with Gasteiger partial charge in [-0.1, -0.05) is 48.0 Å². The number of nitrogens with zero attached hydrogens (tertiary/aromatic N) is 4. The fourth-order valence-corrected chi connectivity index (χ4v) is 3.96. The van der Waals surface area contributed by atoms with E-state index in [1.165, 1.54) is 35.2 Å². The van der Waals surface area contributed by atoms with Crippen molar-refractivity contribution in [3.8, 4) is 0 Å². The van der Waals surface area contributed by atoms with Gasteiger partial charge in [0.15, 0.2) is 23.1 Å². The van der Waals surface area contributed by atoms with Crippen molar-refractivity contribution in [1.29, 1.82) is 0 Å². The summed E-state index contributed by atoms with van der Waals surface area (Å²) in [6.07, 6.45) is -3.26. The largest absolute Gasteiger partial charge is 0.459 e. The number of halogens is 3. The van der Waals surface area contributed by atoms with Crippen LogP contribution < -0.4 is 0 Å². The summed E-state index contributed by atoms with van der Waals surface area (Å²) < 4.78 is 48.4. The van der Waals surface area contributed by atoms with Crippen molar-refractivity contribution in [2.45, 2.75) is 24.4 Å². The summed E-state index contributed by atoms with van der Waals surface area (Å²) in [6.45, 7) is -0.793. The average molecular weight is 515 g/mol. The zero-order valence-corrected chi connectivity index (χ0v) is 19.1. The number of carbonyl (C=O) groups excluding carboxylic acids is 2. The molecule has 1 aliphatic rings. The van der Waals surface area contributed by atoms with E-state index in [2.05, 4.69) is 15.0 Å². The number of benzene rings is 2. The molecule has 0 aliphatic carbocycles. The number of hydrogen-bond acceptors (Lipinski definition) is 8. The van der Waals surface area contributed by atoms with Gasteiger partial charge in [0, 0.05) is 0 Å². The Hall–Kier alpha value is -3.96. The summed E-state index contributed by atoms with van der Waals surface area (Å²) in [4.78, 5) is 37.0. The normalized spacial score (nSPS) is 20.8. The molecule has 0 unspecified atom stereocenters. The number of hydrogen-bond donors (Lipinski definition) is 0. The molecule has 1 aliphatic heterocycles. The number of imidazole rings is 1. The quantitative estimate of drug-likeness (QED) is 0.280. The van der Waals surface area contributed by atoms with Crippen LogP contribution in [0.4, 0.5) is 8.78 Å². The van der Waals surface area contributed by atoms with Crippen LogP contribution in [0.2, 0.25) is 5.15 Å². The van der Waals surface area contributed by atoms with E-state index in [0.29, 0.717) is 0 Å². The zero-order valence-electron chi connectivity index (χ0n) is 18.3. The van der Waals surface area contributed by atoms with E-state index < -0.39 is 42.9 Å². The Morgan fingerprint density at radius 3 is 2.28 bits per heavy atom. The molecule has 0 saturated carbocycles. The van der Waals surface area contributed by atoms with Crippen molar-refractivity contribution >= 4 is 34.7 Å². The van der Waals surface area contributed by atoms with Gasteiger partial charge in [-0.2, -0.15) is 8.78 Å². The fourth-order valence-electron chi connectivity index (χ4n) is 3.78. The molecule has 2 aromatic heterocycles. The lowest BCUT2D eigenvalue weighted by molar-refractivity contribution is -0.127. The van der Waals surface area contributed by atoms with Crippen LogP contribution in [0.1, 0.15) is 26.9 Å². The predicted molar refractivity (Wildman–Crippen MR) is 122 cm³/mol. The molecule has 0 spiro atoms. The minimum atomic E-state index is -3.75. The van der Waals surface area contributed by atoms with E-state index in [1.54, 1.807) is 36.4 Å². The maximum Gasteiger partial charge on any atom is 0.338 e. The average Bonchev–Trinajstić information content (AvgIpc) is 3.43. The number of esters is 2. The van der Waals surface area contributed by atoms with Crippen molar-refractivity contribution in [1.82, 2.24) is 19.5 Å². The van der Waals surface area contributed by atoms with Crippen molar-refractivity contribution in [3.05, 3.63) is 89.6 Å². The van der Waals surface area contributed by atoms with E-state index >= 15 is 8.78 Å². The van der Waals surface area contributed by atoms with Gasteiger partial charge < -0.3 is 14.2 Å². The molecule has 3 atom stereocenters. The van der Waals surface area contributed by atoms with Crippen LogP contribution in [0.25, 0.3) is 11.2 Å². The molecule has 5 rings (SSSR count). The lowest BCUT2D eigenvalue weighted by Gasteiger charge is -2.24. The monoisotopic (exact) mass is 514 g/mol. The molecule has 0 radical (unpaired) electrons. The molecular weight excluding hydrogens is 498 g/mol. The lowest BCUT2D eigenvalue weighted by Crippen LogP contribution is -2.44. The highest BCUT2D eigenvalue weighted by molar-refractivity contribution is 6.33. The first-order valence-electron chi connectivity index (χ1n) is 10.7. The molecule has 0 bridgehead atoms. The van der Waals surface area contributed by atoms with Crippen molar-refractivity contribution in [2.24, 2.45) is 0 Å². The summed E-state index contributed by atoms with van der Waals surface area (Å²) in [6, 6.07) is 15.6. The molecule has 1 fully saturated rings. The minimum absolute atomic E-state index is 0.00896. The second kappa shape index (κ2) is 9.59. The van der Waals surface area contributed by atoms with Gasteiger partial charge in [-0.15, -0.1) is 0 Å². The third-order valence-corrected chi connectivity index (χ3v) is 5.85. The summed E-state index contributed by atoms with van der Waals surface area (Å²) in [7, 11) is 0. The molecule has 0 N–H and O–H groups in total. The molecule has 184 valence electrons. The first-order valence-corrected chi connectivity index (χ1v) is 11.1. The number of fused-ring (bicyclic) bond motifs is 1. The Morgan fingerprint density at radius 2 is 1.61 bits per heavy atom. The number of ether oxygens (including phenoxy) is 3. The standard InChI is InChI=1S/C24H17ClF2N4O5/c25-19-17-20(29-12-28-19)31(13-30-17)21-18(36-23(33)15-9-5-2-6-10-15)24(26,27)16(35-21)11-34-22(32)14-7-3-1-4-8-14/h1-10,12-13,16,18,21H,11H2/t16-,18+,21+/m0/s1. The molecular formula is C24H17ClF2N4O5. The maximum atomic E-state index is 15.6. The third kappa shape index (κ3) is 4.38. The van der Waals surface area contributed by atoms with Gasteiger partial charge in [-0.3, -0.25) is 4.57 Å². The summed E-state index contributed by atoms with van der Waals surface area (Å²) >= 11 is 6.05. The Kier molecular flexibility index (Phi) is 6.33. The first kappa shape index (κ1) is 23.8. The van der Waals surface area contributed by atoms with Crippen LogP contribution in [-0.4, -0.2) is 56.2 Å². The van der Waals surface area contributed by atoms with Gasteiger partial charge in [0.25, 0.3) is 0 Å². The van der Waals surface area contributed by atoms with E-state index in [-0.39, 0.29) is 27.4 Å². The molecule has 1 saturated heterocycles. The number of carbonyl (C=O) groups is 2. The summed E-state index contributed by atoms with van der Waals surface area (Å²) in [5.74, 6) is -5.53. The second-order valence-corrected chi connectivity index (χ2v) is 8.19. The highest BCUT2D eigenvalue weighted by Crippen LogP contribution is 2.44. The fraction of sp³-hybridized carbons (Fsp3) is 0.208. The molecule has 12 heteroatoms. The highest BCUT2D eigenvalue weighted by Gasteiger charge is 2.62. The summed E-state index contributed by atoms with van der Waals surface area (Å²) in [5, 5.41) is 0.00896. The van der Waals surface area contributed by atoms with Gasteiger partial charge in [-0.25, -0.2) is 24.5 Å². The van der Waals surface area contributed by atoms with Gasteiger partial charge >= 0.3 is 17.9 Å². The van der Waals surface area contributed by atoms with E-state index in [9.17, 15) is 9.59 Å². The predicted octanol–water partition coefficient (Wildman–Crippen LogP) is 4.10. The molecule has 9 nitrogen and oxygen atoms in total. The zero-order chi connectivity index (χ0) is 25.3. The van der Waals surface area contributed by atoms with E-state index in [1.807, 2.05) is 0 Å². The molecule has 3 heterocycles. The molecule has 36 heavy (non-hydrogen) atoms. The van der Waals surface area contributed by atoms with Gasteiger partial charge in [-0.05, 0) is 24.3 Å². The van der Waals surface area contributed by atoms with E-state index in [4.69, 9.17) is 25.8 Å². The Balaban J connectivity index is 1.45. The molecule has 4 aromatic rings. The van der Waals surface area contributed by atoms with Crippen molar-refractivity contribution < 1.29 is 32.6 Å². The van der Waals surface area contributed by atoms with E-state index in [0.717, 1.165) is 6.33 Å². The number of rotatable bonds is 6. The second-order valence-electron chi connectivity index (χ2n) is 7.83. The number of alkyl halides is 2. The first-order chi connectivity index (χ1) is 17.4. The van der Waals surface area contributed by atoms with Crippen LogP contribution in [0.5, 0.6) is 0 Å². The van der Waals surface area contributed by atoms with Crippen LogP contribution in [0.3, 0.4) is 0 Å². The van der Waals surface area contributed by atoms with Crippen LogP contribution in [-0.2, 0) is 14.2 Å². The third-order valence-electron chi connectivity index (χ3n) is 5.58. The molecule has 2 aromatic carbocycles. The Labute approximate surface area is 207 Å². The van der Waals surface area contributed by atoms with Crippen LogP contribution in [0.15, 0.2) is 73.3 Å². The lowest BCUT2D eigenvalue weighted by atomic mass is 10.1. The van der Waals surface area contributed by atoms with Crippen molar-refractivity contribution in [2.75, 3.05) is 6.61 Å². The topological polar surface area (TPSA) is 105 Å². The SMILES string of the molecule is O=C(OC[C@@H]1O[C@@H](n2cnc3c(Cl)ncnc32)[C@@H](OC(=O)c2ccccc2)C1(F)F)c1ccccc1. The number of aromatic nitrogens is 4. The maximum absolute atomic E-state index is 15.6. The Morgan fingerprint density at radius 1 is 0.972 bits per heavy atom. The minimum Gasteiger partial charge on any atom is -0.459 e. The van der Waals surface area contributed by atoms with Gasteiger partial charge in [0.05, 0.1) is 17.5 Å². The van der Waals surface area contributed by atoms with Gasteiger partial charge in [0.1, 0.15) is 18.5 Å².